The molecule has 0 unspecified atom stereocenters. The summed E-state index contributed by atoms with van der Waals surface area (Å²) in [6, 6.07) is 42.6. The average molecular weight is 485 g/mol. The molecule has 0 heterocycles. The molecule has 2 aliphatic carbocycles. The summed E-state index contributed by atoms with van der Waals surface area (Å²) in [4.78, 5) is 0. The van der Waals surface area contributed by atoms with Crippen LogP contribution in [0.5, 0.6) is 0 Å². The second kappa shape index (κ2) is 8.43. The van der Waals surface area contributed by atoms with Gasteiger partial charge in [-0.1, -0.05) is 134 Å². The molecule has 0 nitrogen and oxygen atoms in total. The van der Waals surface area contributed by atoms with Crippen LogP contribution in [0.3, 0.4) is 0 Å². The SMILES string of the molecule is C=C(C)/C=C\C(=C)c1cccc(-c2ccc3c(c2)C2(c4ccccc4-c4ccccc42)c2ccccc2-3)c1. The van der Waals surface area contributed by atoms with Gasteiger partial charge in [-0.3, -0.25) is 0 Å². The molecular formula is C38H28. The minimum Gasteiger partial charge on any atom is -0.0961 e. The topological polar surface area (TPSA) is 0 Å². The Balaban J connectivity index is 1.47. The summed E-state index contributed by atoms with van der Waals surface area (Å²) in [5.41, 5.74) is 16.0. The van der Waals surface area contributed by atoms with Crippen LogP contribution < -0.4 is 0 Å². The molecule has 0 saturated carbocycles. The van der Waals surface area contributed by atoms with E-state index in [2.05, 4.69) is 128 Å². The summed E-state index contributed by atoms with van der Waals surface area (Å²) in [5.74, 6) is 0. The molecule has 0 saturated heterocycles. The Hall–Kier alpha value is -4.68. The summed E-state index contributed by atoms with van der Waals surface area (Å²) < 4.78 is 0. The van der Waals surface area contributed by atoms with Crippen LogP contribution in [-0.4, -0.2) is 0 Å². The molecule has 0 aromatic heterocycles. The second-order valence-electron chi connectivity index (χ2n) is 10.4. The van der Waals surface area contributed by atoms with Crippen molar-refractivity contribution < 1.29 is 0 Å². The second-order valence-corrected chi connectivity index (χ2v) is 10.4. The Morgan fingerprint density at radius 2 is 1.05 bits per heavy atom. The van der Waals surface area contributed by atoms with Gasteiger partial charge in [0.25, 0.3) is 0 Å². The van der Waals surface area contributed by atoms with E-state index < -0.39 is 0 Å². The zero-order chi connectivity index (χ0) is 25.9. The fourth-order valence-corrected chi connectivity index (χ4v) is 6.51. The molecule has 0 radical (unpaired) electrons. The molecule has 5 aromatic rings. The zero-order valence-electron chi connectivity index (χ0n) is 21.5. The number of benzene rings is 5. The third-order valence-electron chi connectivity index (χ3n) is 8.13. The number of hydrogen-bond donors (Lipinski definition) is 0. The van der Waals surface area contributed by atoms with Gasteiger partial charge in [-0.25, -0.2) is 0 Å². The lowest BCUT2D eigenvalue weighted by molar-refractivity contribution is 0.794. The van der Waals surface area contributed by atoms with E-state index in [1.807, 2.05) is 19.1 Å². The lowest BCUT2D eigenvalue weighted by Crippen LogP contribution is -2.25. The van der Waals surface area contributed by atoms with Gasteiger partial charge in [0.1, 0.15) is 0 Å². The van der Waals surface area contributed by atoms with E-state index in [1.165, 1.54) is 55.6 Å². The van der Waals surface area contributed by atoms with E-state index in [1.54, 1.807) is 0 Å². The quantitative estimate of drug-likeness (QED) is 0.218. The molecule has 38 heavy (non-hydrogen) atoms. The molecular weight excluding hydrogens is 456 g/mol. The van der Waals surface area contributed by atoms with Crippen molar-refractivity contribution in [3.05, 3.63) is 174 Å². The van der Waals surface area contributed by atoms with Crippen LogP contribution in [0.1, 0.15) is 34.7 Å². The maximum Gasteiger partial charge on any atom is 0.0725 e. The standard InChI is InChI=1S/C38H28/c1-25(2)19-20-26(3)27-11-10-12-28(23-27)29-21-22-33-32-15-6-9-18-36(32)38(37(33)24-29)34-16-7-4-13-30(34)31-14-5-8-17-35(31)38/h4-24H,1,3H2,2H3/b20-19-. The van der Waals surface area contributed by atoms with Gasteiger partial charge < -0.3 is 0 Å². The minimum absolute atomic E-state index is 0.319. The van der Waals surface area contributed by atoms with E-state index >= 15 is 0 Å². The van der Waals surface area contributed by atoms with Gasteiger partial charge in [-0.05, 0) is 85.8 Å². The summed E-state index contributed by atoms with van der Waals surface area (Å²) in [6.45, 7) is 10.3. The molecule has 0 amide bonds. The third kappa shape index (κ3) is 3.10. The highest BCUT2D eigenvalue weighted by atomic mass is 14.5. The van der Waals surface area contributed by atoms with E-state index in [-0.39, 0.29) is 5.41 Å². The number of fused-ring (bicyclic) bond motifs is 10. The molecule has 0 fully saturated rings. The minimum atomic E-state index is -0.319. The Labute approximate surface area is 224 Å². The molecule has 0 bridgehead atoms. The maximum atomic E-state index is 4.30. The largest absolute Gasteiger partial charge is 0.0961 e. The van der Waals surface area contributed by atoms with Gasteiger partial charge in [-0.2, -0.15) is 0 Å². The van der Waals surface area contributed by atoms with Gasteiger partial charge in [0, 0.05) is 0 Å². The van der Waals surface area contributed by atoms with Crippen molar-refractivity contribution in [3.8, 4) is 33.4 Å². The predicted octanol–water partition coefficient (Wildman–Crippen LogP) is 9.84. The summed E-state index contributed by atoms with van der Waals surface area (Å²) in [6.07, 6.45) is 4.06. The van der Waals surface area contributed by atoms with Crippen molar-refractivity contribution in [2.45, 2.75) is 12.3 Å². The van der Waals surface area contributed by atoms with Crippen molar-refractivity contribution in [2.75, 3.05) is 0 Å². The van der Waals surface area contributed by atoms with Gasteiger partial charge in [0.15, 0.2) is 0 Å². The molecule has 180 valence electrons. The average Bonchev–Trinajstić information content (AvgIpc) is 3.43. The van der Waals surface area contributed by atoms with E-state index in [0.717, 1.165) is 16.7 Å². The van der Waals surface area contributed by atoms with Crippen molar-refractivity contribution in [1.29, 1.82) is 0 Å². The van der Waals surface area contributed by atoms with Crippen molar-refractivity contribution >= 4 is 5.57 Å². The number of hydrogen-bond acceptors (Lipinski definition) is 0. The fraction of sp³-hybridized carbons (Fsp3) is 0.0526. The highest BCUT2D eigenvalue weighted by molar-refractivity contribution is 5.96. The van der Waals surface area contributed by atoms with Crippen LogP contribution in [0.4, 0.5) is 0 Å². The number of allylic oxidation sites excluding steroid dienone is 4. The maximum absolute atomic E-state index is 4.30. The van der Waals surface area contributed by atoms with Crippen LogP contribution in [0.2, 0.25) is 0 Å². The van der Waals surface area contributed by atoms with Crippen LogP contribution in [-0.2, 0) is 5.41 Å². The molecule has 0 aliphatic heterocycles. The number of rotatable bonds is 4. The molecule has 2 aliphatic rings. The van der Waals surface area contributed by atoms with Crippen LogP contribution >= 0.6 is 0 Å². The molecule has 0 atom stereocenters. The van der Waals surface area contributed by atoms with Crippen molar-refractivity contribution in [1.82, 2.24) is 0 Å². The molecule has 5 aromatic carbocycles. The summed E-state index contributed by atoms with van der Waals surface area (Å²) in [7, 11) is 0. The van der Waals surface area contributed by atoms with Gasteiger partial charge >= 0.3 is 0 Å². The first-order valence-electron chi connectivity index (χ1n) is 13.2. The molecule has 7 rings (SSSR count). The van der Waals surface area contributed by atoms with Crippen molar-refractivity contribution in [3.63, 3.8) is 0 Å². The third-order valence-corrected chi connectivity index (χ3v) is 8.13. The van der Waals surface area contributed by atoms with Gasteiger partial charge in [-0.15, -0.1) is 0 Å². The van der Waals surface area contributed by atoms with E-state index in [4.69, 9.17) is 0 Å². The summed E-state index contributed by atoms with van der Waals surface area (Å²) in [5, 5.41) is 0. The lowest BCUT2D eigenvalue weighted by Gasteiger charge is -2.30. The first kappa shape index (κ1) is 22.5. The van der Waals surface area contributed by atoms with Crippen LogP contribution in [0, 0.1) is 0 Å². The van der Waals surface area contributed by atoms with Crippen LogP contribution in [0.15, 0.2) is 146 Å². The normalized spacial score (nSPS) is 13.7. The van der Waals surface area contributed by atoms with Gasteiger partial charge in [0.05, 0.1) is 5.41 Å². The zero-order valence-corrected chi connectivity index (χ0v) is 21.5. The Morgan fingerprint density at radius 3 is 1.63 bits per heavy atom. The first-order chi connectivity index (χ1) is 18.6. The van der Waals surface area contributed by atoms with Gasteiger partial charge in [0.2, 0.25) is 0 Å². The Kier molecular flexibility index (Phi) is 5.00. The smallest absolute Gasteiger partial charge is 0.0725 e. The molecule has 1 spiro atoms. The molecule has 0 heteroatoms. The summed E-state index contributed by atoms with van der Waals surface area (Å²) >= 11 is 0. The Morgan fingerprint density at radius 1 is 0.526 bits per heavy atom. The first-order valence-corrected chi connectivity index (χ1v) is 13.2. The predicted molar refractivity (Wildman–Crippen MR) is 161 cm³/mol. The highest BCUT2D eigenvalue weighted by Crippen LogP contribution is 2.62. The monoisotopic (exact) mass is 484 g/mol. The van der Waals surface area contributed by atoms with E-state index in [9.17, 15) is 0 Å². The fourth-order valence-electron chi connectivity index (χ4n) is 6.51. The van der Waals surface area contributed by atoms with Crippen molar-refractivity contribution in [2.24, 2.45) is 0 Å². The highest BCUT2D eigenvalue weighted by Gasteiger charge is 2.51. The lowest BCUT2D eigenvalue weighted by atomic mass is 9.70. The van der Waals surface area contributed by atoms with Crippen LogP contribution in [0.25, 0.3) is 39.0 Å². The van der Waals surface area contributed by atoms with E-state index in [0.29, 0.717) is 0 Å². The Bertz CT molecular complexity index is 1750. The molecule has 0 N–H and O–H groups in total.